The summed E-state index contributed by atoms with van der Waals surface area (Å²) < 4.78 is 11.2. The van der Waals surface area contributed by atoms with Gasteiger partial charge in [0.25, 0.3) is 0 Å². The van der Waals surface area contributed by atoms with Crippen molar-refractivity contribution in [1.29, 1.82) is 0 Å². The van der Waals surface area contributed by atoms with Crippen molar-refractivity contribution in [3.05, 3.63) is 59.4 Å². The molecule has 0 spiro atoms. The molecule has 0 aliphatic carbocycles. The van der Waals surface area contributed by atoms with Crippen molar-refractivity contribution in [3.8, 4) is 11.5 Å². The maximum atomic E-state index is 10.5. The van der Waals surface area contributed by atoms with Crippen LogP contribution in [0.25, 0.3) is 6.08 Å². The van der Waals surface area contributed by atoms with E-state index in [4.69, 9.17) is 9.47 Å². The molecule has 2 atom stereocenters. The number of hydrogen-bond acceptors (Lipinski definition) is 5. The molecule has 2 aliphatic heterocycles. The second-order valence-electron chi connectivity index (χ2n) is 7.08. The van der Waals surface area contributed by atoms with Gasteiger partial charge in [-0.05, 0) is 54.0 Å². The van der Waals surface area contributed by atoms with Gasteiger partial charge in [-0.15, -0.1) is 0 Å². The lowest BCUT2D eigenvalue weighted by atomic mass is 9.97. The Morgan fingerprint density at radius 3 is 2.88 bits per heavy atom. The Hall–Kier alpha value is -2.37. The van der Waals surface area contributed by atoms with Gasteiger partial charge in [0.2, 0.25) is 0 Å². The Morgan fingerprint density at radius 1 is 1.23 bits per heavy atom. The van der Waals surface area contributed by atoms with E-state index >= 15 is 0 Å². The molecule has 2 aliphatic rings. The molecule has 1 N–H and O–H groups in total. The fourth-order valence-electron chi connectivity index (χ4n) is 3.80. The summed E-state index contributed by atoms with van der Waals surface area (Å²) in [4.78, 5) is 6.38. The molecular formula is C21H24N2O3. The molecule has 1 aromatic carbocycles. The molecule has 1 aromatic heterocycles. The van der Waals surface area contributed by atoms with Crippen LogP contribution < -0.4 is 9.47 Å². The van der Waals surface area contributed by atoms with Crippen LogP contribution in [0.1, 0.15) is 11.1 Å². The van der Waals surface area contributed by atoms with Gasteiger partial charge in [0.15, 0.2) is 0 Å². The smallest absolute Gasteiger partial charge is 0.127 e. The SMILES string of the molecule is COc1ccc2c(c1)C=C(CN1C[C@@H](Cc3ccncc3)[C@H](O)C1)CO2. The third-order valence-electron chi connectivity index (χ3n) is 5.15. The number of aliphatic hydroxyl groups excluding tert-OH is 1. The maximum absolute atomic E-state index is 10.5. The van der Waals surface area contributed by atoms with Crippen LogP contribution in [0.2, 0.25) is 0 Å². The topological polar surface area (TPSA) is 54.8 Å². The van der Waals surface area contributed by atoms with Gasteiger partial charge in [-0.3, -0.25) is 9.88 Å². The van der Waals surface area contributed by atoms with Crippen LogP contribution >= 0.6 is 0 Å². The van der Waals surface area contributed by atoms with E-state index < -0.39 is 0 Å². The number of fused-ring (bicyclic) bond motifs is 1. The maximum Gasteiger partial charge on any atom is 0.127 e. The summed E-state index contributed by atoms with van der Waals surface area (Å²) in [7, 11) is 1.67. The number of aliphatic hydroxyl groups is 1. The lowest BCUT2D eigenvalue weighted by Gasteiger charge is -2.22. The highest BCUT2D eigenvalue weighted by atomic mass is 16.5. The van der Waals surface area contributed by atoms with Crippen LogP contribution in [0.4, 0.5) is 0 Å². The second kappa shape index (κ2) is 7.48. The minimum absolute atomic E-state index is 0.259. The molecule has 26 heavy (non-hydrogen) atoms. The first kappa shape index (κ1) is 17.1. The number of aromatic nitrogens is 1. The molecule has 136 valence electrons. The van der Waals surface area contributed by atoms with Gasteiger partial charge in [-0.1, -0.05) is 0 Å². The highest BCUT2D eigenvalue weighted by Crippen LogP contribution is 2.31. The molecule has 1 saturated heterocycles. The van der Waals surface area contributed by atoms with E-state index in [9.17, 15) is 5.11 Å². The molecule has 0 radical (unpaired) electrons. The summed E-state index contributed by atoms with van der Waals surface area (Å²) in [6, 6.07) is 9.91. The number of methoxy groups -OCH3 is 1. The number of rotatable bonds is 5. The molecule has 5 nitrogen and oxygen atoms in total. The zero-order chi connectivity index (χ0) is 17.9. The summed E-state index contributed by atoms with van der Waals surface area (Å²) in [6.07, 6.45) is 6.40. The number of pyridine rings is 1. The van der Waals surface area contributed by atoms with E-state index in [1.54, 1.807) is 7.11 Å². The van der Waals surface area contributed by atoms with Crippen molar-refractivity contribution in [1.82, 2.24) is 9.88 Å². The van der Waals surface area contributed by atoms with Gasteiger partial charge in [0, 0.05) is 43.5 Å². The number of likely N-dealkylation sites (tertiary alicyclic amines) is 1. The first-order chi connectivity index (χ1) is 12.7. The molecule has 0 saturated carbocycles. The predicted molar refractivity (Wildman–Crippen MR) is 100 cm³/mol. The number of nitrogens with zero attached hydrogens (tertiary/aromatic N) is 2. The van der Waals surface area contributed by atoms with Crippen molar-refractivity contribution in [2.45, 2.75) is 12.5 Å². The van der Waals surface area contributed by atoms with E-state index in [0.29, 0.717) is 13.2 Å². The fourth-order valence-corrected chi connectivity index (χ4v) is 3.80. The zero-order valence-electron chi connectivity index (χ0n) is 15.0. The lowest BCUT2D eigenvalue weighted by Crippen LogP contribution is -2.27. The molecule has 1 fully saturated rings. The van der Waals surface area contributed by atoms with Gasteiger partial charge in [-0.2, -0.15) is 0 Å². The Labute approximate surface area is 153 Å². The van der Waals surface area contributed by atoms with E-state index in [1.165, 1.54) is 11.1 Å². The summed E-state index contributed by atoms with van der Waals surface area (Å²) in [5, 5.41) is 10.5. The molecule has 0 unspecified atom stereocenters. The van der Waals surface area contributed by atoms with Gasteiger partial charge in [0.1, 0.15) is 18.1 Å². The van der Waals surface area contributed by atoms with Crippen molar-refractivity contribution in [2.75, 3.05) is 33.4 Å². The van der Waals surface area contributed by atoms with Crippen molar-refractivity contribution in [2.24, 2.45) is 5.92 Å². The Balaban J connectivity index is 1.41. The Bertz CT molecular complexity index is 791. The highest BCUT2D eigenvalue weighted by molar-refractivity contribution is 5.64. The Kier molecular flexibility index (Phi) is 4.91. The average Bonchev–Trinajstić information content (AvgIpc) is 3.00. The molecule has 5 heteroatoms. The summed E-state index contributed by atoms with van der Waals surface area (Å²) in [5.74, 6) is 1.99. The minimum atomic E-state index is -0.291. The van der Waals surface area contributed by atoms with E-state index in [0.717, 1.165) is 36.6 Å². The lowest BCUT2D eigenvalue weighted by molar-refractivity contribution is 0.142. The predicted octanol–water partition coefficient (Wildman–Crippen LogP) is 2.40. The molecule has 4 rings (SSSR count). The number of hydrogen-bond donors (Lipinski definition) is 1. The number of β-amino-alcohol motifs (C(OH)–C–C–N with tert-alkyl or cyclic N) is 1. The number of benzene rings is 1. The van der Waals surface area contributed by atoms with Crippen LogP contribution in [0.15, 0.2) is 48.3 Å². The van der Waals surface area contributed by atoms with Crippen LogP contribution in [0.5, 0.6) is 11.5 Å². The molecule has 3 heterocycles. The van der Waals surface area contributed by atoms with E-state index in [1.807, 2.05) is 42.7 Å². The minimum Gasteiger partial charge on any atom is -0.497 e. The standard InChI is InChI=1S/C21H24N2O3/c1-25-19-2-3-21-17(10-19)9-16(14-26-21)11-23-12-18(20(24)13-23)8-15-4-6-22-7-5-15/h2-7,9-10,18,20,24H,8,11-14H2,1H3/t18-,20-/m1/s1. The summed E-state index contributed by atoms with van der Waals surface area (Å²) in [6.45, 7) is 3.02. The monoisotopic (exact) mass is 352 g/mol. The van der Waals surface area contributed by atoms with Crippen molar-refractivity contribution >= 4 is 6.08 Å². The summed E-state index contributed by atoms with van der Waals surface area (Å²) in [5.41, 5.74) is 3.51. The van der Waals surface area contributed by atoms with Gasteiger partial charge >= 0.3 is 0 Å². The van der Waals surface area contributed by atoms with E-state index in [2.05, 4.69) is 16.0 Å². The van der Waals surface area contributed by atoms with Gasteiger partial charge in [-0.25, -0.2) is 0 Å². The van der Waals surface area contributed by atoms with E-state index in [-0.39, 0.29) is 12.0 Å². The van der Waals surface area contributed by atoms with Crippen LogP contribution in [-0.2, 0) is 6.42 Å². The first-order valence-electron chi connectivity index (χ1n) is 9.01. The fraction of sp³-hybridized carbons (Fsp3) is 0.381. The average molecular weight is 352 g/mol. The van der Waals surface area contributed by atoms with Crippen molar-refractivity contribution in [3.63, 3.8) is 0 Å². The number of ether oxygens (including phenoxy) is 2. The molecule has 0 bridgehead atoms. The van der Waals surface area contributed by atoms with Crippen LogP contribution in [0, 0.1) is 5.92 Å². The second-order valence-corrected chi connectivity index (χ2v) is 7.08. The first-order valence-corrected chi connectivity index (χ1v) is 9.01. The van der Waals surface area contributed by atoms with Gasteiger partial charge < -0.3 is 14.6 Å². The van der Waals surface area contributed by atoms with Crippen LogP contribution in [-0.4, -0.2) is 54.4 Å². The normalized spacial score (nSPS) is 22.5. The molecular weight excluding hydrogens is 328 g/mol. The quantitative estimate of drug-likeness (QED) is 0.896. The summed E-state index contributed by atoms with van der Waals surface area (Å²) >= 11 is 0. The van der Waals surface area contributed by atoms with Crippen molar-refractivity contribution < 1.29 is 14.6 Å². The third kappa shape index (κ3) is 3.74. The highest BCUT2D eigenvalue weighted by Gasteiger charge is 2.31. The van der Waals surface area contributed by atoms with Crippen LogP contribution in [0.3, 0.4) is 0 Å². The molecule has 2 aromatic rings. The largest absolute Gasteiger partial charge is 0.497 e. The third-order valence-corrected chi connectivity index (χ3v) is 5.15. The zero-order valence-corrected chi connectivity index (χ0v) is 15.0. The Morgan fingerprint density at radius 2 is 2.08 bits per heavy atom. The van der Waals surface area contributed by atoms with Gasteiger partial charge in [0.05, 0.1) is 13.2 Å². The molecule has 0 amide bonds.